The van der Waals surface area contributed by atoms with Gasteiger partial charge in [-0.3, -0.25) is 0 Å². The van der Waals surface area contributed by atoms with E-state index in [0.29, 0.717) is 6.04 Å². The highest BCUT2D eigenvalue weighted by Gasteiger charge is 2.12. The van der Waals surface area contributed by atoms with E-state index < -0.39 is 0 Å². The molecule has 0 amide bonds. The lowest BCUT2D eigenvalue weighted by Crippen LogP contribution is -2.19. The summed E-state index contributed by atoms with van der Waals surface area (Å²) < 4.78 is 1.14. The zero-order valence-electron chi connectivity index (χ0n) is 11.7. The van der Waals surface area contributed by atoms with Crippen LogP contribution in [0, 0.1) is 13.8 Å². The van der Waals surface area contributed by atoms with E-state index in [1.807, 2.05) is 7.05 Å². The molecule has 1 N–H and O–H groups in total. The number of aryl methyl sites for hydroxylation is 2. The van der Waals surface area contributed by atoms with E-state index in [1.165, 1.54) is 22.3 Å². The molecule has 0 bridgehead atoms. The van der Waals surface area contributed by atoms with Crippen molar-refractivity contribution in [1.29, 1.82) is 0 Å². The molecule has 0 heterocycles. The van der Waals surface area contributed by atoms with Gasteiger partial charge in [-0.05, 0) is 56.1 Å². The van der Waals surface area contributed by atoms with Gasteiger partial charge in [-0.25, -0.2) is 0 Å². The summed E-state index contributed by atoms with van der Waals surface area (Å²) in [5, 5.41) is 3.43. The molecule has 0 saturated heterocycles. The second-order valence-electron chi connectivity index (χ2n) is 5.04. The lowest BCUT2D eigenvalue weighted by atomic mass is 9.95. The standard InChI is InChI=1S/C17H20BrN/c1-12-5-4-6-14(9-12)11-17(19-3)16-8-7-15(18)10-13(16)2/h4-10,17,19H,11H2,1-3H3. The Morgan fingerprint density at radius 1 is 1.11 bits per heavy atom. The first-order valence-corrected chi connectivity index (χ1v) is 7.38. The molecular weight excluding hydrogens is 298 g/mol. The molecule has 0 aliphatic rings. The van der Waals surface area contributed by atoms with Gasteiger partial charge in [0.1, 0.15) is 0 Å². The second kappa shape index (κ2) is 6.36. The van der Waals surface area contributed by atoms with Crippen molar-refractivity contribution < 1.29 is 0 Å². The lowest BCUT2D eigenvalue weighted by Gasteiger charge is -2.19. The van der Waals surface area contributed by atoms with Crippen molar-refractivity contribution in [3.63, 3.8) is 0 Å². The van der Waals surface area contributed by atoms with Crippen LogP contribution in [0.2, 0.25) is 0 Å². The largest absolute Gasteiger partial charge is 0.313 e. The molecule has 2 aromatic rings. The van der Waals surface area contributed by atoms with Crippen molar-refractivity contribution in [2.24, 2.45) is 0 Å². The van der Waals surface area contributed by atoms with Crippen LogP contribution >= 0.6 is 15.9 Å². The average molecular weight is 318 g/mol. The van der Waals surface area contributed by atoms with Gasteiger partial charge in [0, 0.05) is 10.5 Å². The maximum absolute atomic E-state index is 3.52. The first-order valence-electron chi connectivity index (χ1n) is 6.59. The first-order chi connectivity index (χ1) is 9.10. The van der Waals surface area contributed by atoms with E-state index in [4.69, 9.17) is 0 Å². The molecule has 19 heavy (non-hydrogen) atoms. The summed E-state index contributed by atoms with van der Waals surface area (Å²) in [6.45, 7) is 4.31. The van der Waals surface area contributed by atoms with Crippen LogP contribution in [0.15, 0.2) is 46.9 Å². The summed E-state index contributed by atoms with van der Waals surface area (Å²) in [6, 6.07) is 15.6. The summed E-state index contributed by atoms with van der Waals surface area (Å²) in [6.07, 6.45) is 1.01. The number of likely N-dealkylation sites (N-methyl/N-ethyl adjacent to an activating group) is 1. The van der Waals surface area contributed by atoms with E-state index in [1.54, 1.807) is 0 Å². The van der Waals surface area contributed by atoms with Crippen molar-refractivity contribution in [2.75, 3.05) is 7.05 Å². The Balaban J connectivity index is 2.25. The highest BCUT2D eigenvalue weighted by Crippen LogP contribution is 2.24. The summed E-state index contributed by atoms with van der Waals surface area (Å²) in [5.74, 6) is 0. The maximum atomic E-state index is 3.52. The Kier molecular flexibility index (Phi) is 4.78. The zero-order valence-corrected chi connectivity index (χ0v) is 13.3. The monoisotopic (exact) mass is 317 g/mol. The average Bonchev–Trinajstić information content (AvgIpc) is 2.37. The van der Waals surface area contributed by atoms with E-state index in [2.05, 4.69) is 77.6 Å². The number of nitrogens with one attached hydrogen (secondary N) is 1. The molecule has 2 aromatic carbocycles. The Morgan fingerprint density at radius 2 is 1.89 bits per heavy atom. The second-order valence-corrected chi connectivity index (χ2v) is 5.95. The van der Waals surface area contributed by atoms with Crippen LogP contribution in [0.4, 0.5) is 0 Å². The van der Waals surface area contributed by atoms with E-state index in [0.717, 1.165) is 10.9 Å². The molecule has 0 fully saturated rings. The van der Waals surface area contributed by atoms with Gasteiger partial charge in [0.15, 0.2) is 0 Å². The number of benzene rings is 2. The molecule has 0 aliphatic heterocycles. The Morgan fingerprint density at radius 3 is 2.53 bits per heavy atom. The number of rotatable bonds is 4. The van der Waals surface area contributed by atoms with Crippen molar-refractivity contribution in [2.45, 2.75) is 26.3 Å². The predicted octanol–water partition coefficient (Wildman–Crippen LogP) is 4.57. The Bertz CT molecular complexity index is 563. The fourth-order valence-electron chi connectivity index (χ4n) is 2.47. The normalized spacial score (nSPS) is 12.4. The van der Waals surface area contributed by atoms with Crippen molar-refractivity contribution in [3.05, 3.63) is 69.2 Å². The van der Waals surface area contributed by atoms with Crippen molar-refractivity contribution >= 4 is 15.9 Å². The minimum absolute atomic E-state index is 0.356. The van der Waals surface area contributed by atoms with Gasteiger partial charge in [-0.15, -0.1) is 0 Å². The molecule has 1 atom stereocenters. The minimum Gasteiger partial charge on any atom is -0.313 e. The predicted molar refractivity (Wildman–Crippen MR) is 85.6 cm³/mol. The molecular formula is C17H20BrN. The molecule has 0 spiro atoms. The fourth-order valence-corrected chi connectivity index (χ4v) is 2.95. The number of halogens is 1. The summed E-state index contributed by atoms with van der Waals surface area (Å²) in [4.78, 5) is 0. The zero-order chi connectivity index (χ0) is 13.8. The SMILES string of the molecule is CNC(Cc1cccc(C)c1)c1ccc(Br)cc1C. The Labute approximate surface area is 124 Å². The van der Waals surface area contributed by atoms with Gasteiger partial charge in [0.2, 0.25) is 0 Å². The van der Waals surface area contributed by atoms with Crippen LogP contribution < -0.4 is 5.32 Å². The summed E-state index contributed by atoms with van der Waals surface area (Å²) in [5.41, 5.74) is 5.38. The number of hydrogen-bond acceptors (Lipinski definition) is 1. The summed E-state index contributed by atoms with van der Waals surface area (Å²) in [7, 11) is 2.03. The third-order valence-electron chi connectivity index (χ3n) is 3.48. The molecule has 0 aromatic heterocycles. The lowest BCUT2D eigenvalue weighted by molar-refractivity contribution is 0.588. The van der Waals surface area contributed by atoms with Gasteiger partial charge in [-0.1, -0.05) is 51.8 Å². The van der Waals surface area contributed by atoms with Crippen LogP contribution in [0.25, 0.3) is 0 Å². The number of hydrogen-bond donors (Lipinski definition) is 1. The Hall–Kier alpha value is -1.12. The first kappa shape index (κ1) is 14.3. The smallest absolute Gasteiger partial charge is 0.0361 e. The van der Waals surface area contributed by atoms with Gasteiger partial charge in [0.05, 0.1) is 0 Å². The molecule has 2 rings (SSSR count). The van der Waals surface area contributed by atoms with Crippen molar-refractivity contribution in [1.82, 2.24) is 5.32 Å². The highest BCUT2D eigenvalue weighted by atomic mass is 79.9. The molecule has 0 saturated carbocycles. The molecule has 2 heteroatoms. The molecule has 0 aliphatic carbocycles. The minimum atomic E-state index is 0.356. The molecule has 1 unspecified atom stereocenters. The van der Waals surface area contributed by atoms with E-state index >= 15 is 0 Å². The molecule has 100 valence electrons. The van der Waals surface area contributed by atoms with Crippen LogP contribution in [0.3, 0.4) is 0 Å². The third kappa shape index (κ3) is 3.68. The topological polar surface area (TPSA) is 12.0 Å². The van der Waals surface area contributed by atoms with Crippen LogP contribution in [0.1, 0.15) is 28.3 Å². The highest BCUT2D eigenvalue weighted by molar-refractivity contribution is 9.10. The van der Waals surface area contributed by atoms with E-state index in [-0.39, 0.29) is 0 Å². The van der Waals surface area contributed by atoms with Crippen LogP contribution in [-0.2, 0) is 6.42 Å². The van der Waals surface area contributed by atoms with Gasteiger partial charge in [-0.2, -0.15) is 0 Å². The molecule has 0 radical (unpaired) electrons. The fraction of sp³-hybridized carbons (Fsp3) is 0.294. The van der Waals surface area contributed by atoms with Crippen LogP contribution in [-0.4, -0.2) is 7.05 Å². The third-order valence-corrected chi connectivity index (χ3v) is 3.97. The van der Waals surface area contributed by atoms with E-state index in [9.17, 15) is 0 Å². The summed E-state index contributed by atoms with van der Waals surface area (Å²) >= 11 is 3.52. The van der Waals surface area contributed by atoms with Gasteiger partial charge < -0.3 is 5.32 Å². The van der Waals surface area contributed by atoms with Gasteiger partial charge >= 0.3 is 0 Å². The van der Waals surface area contributed by atoms with Crippen LogP contribution in [0.5, 0.6) is 0 Å². The van der Waals surface area contributed by atoms with Gasteiger partial charge in [0.25, 0.3) is 0 Å². The van der Waals surface area contributed by atoms with Crippen molar-refractivity contribution in [3.8, 4) is 0 Å². The maximum Gasteiger partial charge on any atom is 0.0361 e. The quantitative estimate of drug-likeness (QED) is 0.871. The molecule has 1 nitrogen and oxygen atoms in total.